The molecule has 3 aliphatic heterocycles. The predicted octanol–water partition coefficient (Wildman–Crippen LogP) is 4.34. The molecule has 3 saturated carbocycles. The first kappa shape index (κ1) is 29.2. The van der Waals surface area contributed by atoms with Crippen molar-refractivity contribution >= 4 is 28.9 Å². The van der Waals surface area contributed by atoms with E-state index >= 15 is 0 Å². The number of Topliss-reactive ketones (excluding diaryl/α,β-unsaturated/α-hetero) is 1. The van der Waals surface area contributed by atoms with Gasteiger partial charge in [0.25, 0.3) is 0 Å². The highest BCUT2D eigenvalue weighted by Gasteiger charge is 2.58. The molecule has 2 aromatic heterocycles. The molecule has 47 heavy (non-hydrogen) atoms. The van der Waals surface area contributed by atoms with Gasteiger partial charge in [-0.15, -0.1) is 10.2 Å². The Labute approximate surface area is 276 Å². The molecule has 11 heteroatoms. The minimum Gasteiger partial charge on any atom is -0.507 e. The van der Waals surface area contributed by atoms with E-state index in [0.29, 0.717) is 33.9 Å². The number of hydrogen-bond donors (Lipinski definition) is 2. The highest BCUT2D eigenvalue weighted by atomic mass is 16.3. The summed E-state index contributed by atoms with van der Waals surface area (Å²) in [5.74, 6) is 2.50. The average Bonchev–Trinajstić information content (AvgIpc) is 3.86. The number of carbonyl (C=O) groups is 1. The normalized spacial score (nSPS) is 29.6. The summed E-state index contributed by atoms with van der Waals surface area (Å²) in [6, 6.07) is 10.3. The Morgan fingerprint density at radius 2 is 1.70 bits per heavy atom. The predicted molar refractivity (Wildman–Crippen MR) is 182 cm³/mol. The minimum absolute atomic E-state index is 0.207. The van der Waals surface area contributed by atoms with Crippen molar-refractivity contribution in [2.24, 2.45) is 11.3 Å². The fourth-order valence-electron chi connectivity index (χ4n) is 9.51. The fraction of sp³-hybridized carbons (Fsp3) is 0.583. The molecule has 0 amide bonds. The van der Waals surface area contributed by atoms with E-state index in [0.717, 1.165) is 87.8 Å². The minimum atomic E-state index is 0.207. The lowest BCUT2D eigenvalue weighted by Gasteiger charge is -2.58. The Bertz CT molecular complexity index is 1660. The van der Waals surface area contributed by atoms with Gasteiger partial charge < -0.3 is 25.1 Å². The number of ketones is 1. The summed E-state index contributed by atoms with van der Waals surface area (Å²) < 4.78 is 0. The zero-order valence-corrected chi connectivity index (χ0v) is 27.3. The van der Waals surface area contributed by atoms with Crippen LogP contribution in [-0.2, 0) is 4.79 Å². The third kappa shape index (κ3) is 5.08. The van der Waals surface area contributed by atoms with Gasteiger partial charge in [-0.3, -0.25) is 9.69 Å². The summed E-state index contributed by atoms with van der Waals surface area (Å²) in [6.07, 6.45) is 14.0. The van der Waals surface area contributed by atoms with Gasteiger partial charge in [-0.05, 0) is 81.9 Å². The number of rotatable bonds is 5. The van der Waals surface area contributed by atoms with Crippen molar-refractivity contribution in [3.05, 3.63) is 42.7 Å². The van der Waals surface area contributed by atoms with Crippen LogP contribution < -0.4 is 20.0 Å². The number of aromatic hydroxyl groups is 1. The van der Waals surface area contributed by atoms with Crippen LogP contribution in [0.3, 0.4) is 0 Å². The van der Waals surface area contributed by atoms with Crippen molar-refractivity contribution in [3.63, 3.8) is 0 Å². The highest BCUT2D eigenvalue weighted by Crippen LogP contribution is 2.58. The largest absolute Gasteiger partial charge is 0.507 e. The molecule has 11 nitrogen and oxygen atoms in total. The lowest BCUT2D eigenvalue weighted by molar-refractivity contribution is -0.124. The van der Waals surface area contributed by atoms with Gasteiger partial charge in [0.1, 0.15) is 11.5 Å². The van der Waals surface area contributed by atoms with E-state index in [2.05, 4.69) is 35.1 Å². The Hall–Kier alpha value is -3.99. The van der Waals surface area contributed by atoms with Crippen LogP contribution in [0.4, 0.5) is 23.1 Å². The summed E-state index contributed by atoms with van der Waals surface area (Å²) >= 11 is 0. The van der Waals surface area contributed by atoms with Crippen molar-refractivity contribution in [1.29, 1.82) is 0 Å². The Balaban J connectivity index is 0.823. The van der Waals surface area contributed by atoms with Gasteiger partial charge >= 0.3 is 0 Å². The van der Waals surface area contributed by atoms with Gasteiger partial charge in [-0.25, -0.2) is 9.97 Å². The molecular formula is C36H45N9O2. The van der Waals surface area contributed by atoms with E-state index in [-0.39, 0.29) is 11.8 Å². The van der Waals surface area contributed by atoms with Gasteiger partial charge in [0.05, 0.1) is 35.5 Å². The molecule has 3 aliphatic carbocycles. The molecule has 5 fully saturated rings. The number of nitrogens with zero attached hydrogens (tertiary/aromatic N) is 8. The molecule has 9 rings (SSSR count). The SMILES string of the molecule is CC(=O)[C@H]1CCC2(CC1)C[C@H](N1CCN(c3cnc(N4CCN5c6cc(-c7ccccc7O)nnc6NC[C@H]5C4)nc3)CC13CC3)C2. The highest BCUT2D eigenvalue weighted by molar-refractivity contribution is 5.78. The third-order valence-electron chi connectivity index (χ3n) is 12.5. The van der Waals surface area contributed by atoms with Crippen molar-refractivity contribution in [1.82, 2.24) is 25.1 Å². The van der Waals surface area contributed by atoms with Crippen LogP contribution in [0.1, 0.15) is 58.3 Å². The Kier molecular flexibility index (Phi) is 6.85. The van der Waals surface area contributed by atoms with Crippen molar-refractivity contribution in [2.45, 2.75) is 75.9 Å². The van der Waals surface area contributed by atoms with Gasteiger partial charge in [0.2, 0.25) is 5.95 Å². The van der Waals surface area contributed by atoms with E-state index in [1.54, 1.807) is 13.0 Å². The first-order valence-corrected chi connectivity index (χ1v) is 17.6. The second kappa shape index (κ2) is 11.0. The number of aromatic nitrogens is 4. The van der Waals surface area contributed by atoms with Crippen molar-refractivity contribution in [3.8, 4) is 17.0 Å². The quantitative estimate of drug-likeness (QED) is 0.417. The molecule has 0 unspecified atom stereocenters. The van der Waals surface area contributed by atoms with Crippen LogP contribution in [0.15, 0.2) is 42.7 Å². The lowest BCUT2D eigenvalue weighted by atomic mass is 9.56. The maximum Gasteiger partial charge on any atom is 0.225 e. The maximum absolute atomic E-state index is 11.9. The van der Waals surface area contributed by atoms with Gasteiger partial charge in [-0.1, -0.05) is 12.1 Å². The van der Waals surface area contributed by atoms with Crippen molar-refractivity contribution < 1.29 is 9.90 Å². The molecule has 0 bridgehead atoms. The van der Waals surface area contributed by atoms with Crippen molar-refractivity contribution in [2.75, 3.05) is 65.8 Å². The number of benzene rings is 1. The zero-order valence-electron chi connectivity index (χ0n) is 27.3. The van der Waals surface area contributed by atoms with E-state index in [1.807, 2.05) is 36.7 Å². The molecule has 3 aromatic rings. The Morgan fingerprint density at radius 1 is 0.936 bits per heavy atom. The smallest absolute Gasteiger partial charge is 0.225 e. The van der Waals surface area contributed by atoms with Crippen LogP contribution in [0.2, 0.25) is 0 Å². The summed E-state index contributed by atoms with van der Waals surface area (Å²) in [5.41, 5.74) is 4.35. The molecule has 2 N–H and O–H groups in total. The lowest BCUT2D eigenvalue weighted by Crippen LogP contribution is -2.63. The molecule has 1 atom stereocenters. The van der Waals surface area contributed by atoms with Crippen LogP contribution in [0.25, 0.3) is 11.3 Å². The first-order valence-electron chi connectivity index (χ1n) is 17.6. The van der Waals surface area contributed by atoms with Crippen LogP contribution >= 0.6 is 0 Å². The summed E-state index contributed by atoms with van der Waals surface area (Å²) in [4.78, 5) is 31.8. The van der Waals surface area contributed by atoms with Gasteiger partial charge in [-0.2, -0.15) is 0 Å². The van der Waals surface area contributed by atoms with E-state index in [9.17, 15) is 9.90 Å². The number of piperazine rings is 2. The topological polar surface area (TPSA) is 114 Å². The second-order valence-electron chi connectivity index (χ2n) is 15.2. The molecule has 0 radical (unpaired) electrons. The van der Waals surface area contributed by atoms with Gasteiger partial charge in [0, 0.05) is 68.9 Å². The fourth-order valence-corrected chi connectivity index (χ4v) is 9.51. The Morgan fingerprint density at radius 3 is 2.45 bits per heavy atom. The molecular weight excluding hydrogens is 590 g/mol. The molecule has 6 aliphatic rings. The number of anilines is 4. The number of hydrogen-bond acceptors (Lipinski definition) is 11. The monoisotopic (exact) mass is 635 g/mol. The third-order valence-corrected chi connectivity index (χ3v) is 12.5. The molecule has 1 aromatic carbocycles. The van der Waals surface area contributed by atoms with Crippen LogP contribution in [0.5, 0.6) is 5.75 Å². The first-order chi connectivity index (χ1) is 22.9. The second-order valence-corrected chi connectivity index (χ2v) is 15.2. The summed E-state index contributed by atoms with van der Waals surface area (Å²) in [5, 5.41) is 22.7. The molecule has 2 saturated heterocycles. The number of para-hydroxylation sites is 1. The van der Waals surface area contributed by atoms with Crippen LogP contribution in [0, 0.1) is 11.3 Å². The van der Waals surface area contributed by atoms with E-state index < -0.39 is 0 Å². The summed E-state index contributed by atoms with van der Waals surface area (Å²) in [7, 11) is 0. The number of phenolic OH excluding ortho intramolecular Hbond substituents is 1. The van der Waals surface area contributed by atoms with E-state index in [4.69, 9.17) is 9.97 Å². The number of carbonyl (C=O) groups excluding carboxylic acids is 1. The van der Waals surface area contributed by atoms with Gasteiger partial charge in [0.15, 0.2) is 5.82 Å². The molecule has 246 valence electrons. The van der Waals surface area contributed by atoms with Crippen LogP contribution in [-0.4, -0.2) is 99.4 Å². The average molecular weight is 636 g/mol. The standard InChI is InChI=1S/C36H45N9O2/c1-24(46)25-6-8-35(9-7-25)17-26(18-35)45-15-13-43(23-36(45)10-11-36)27-19-38-34(39-20-27)42-12-14-44-28(22-42)21-37-33-31(44)16-30(40-41-33)29-4-2-3-5-32(29)47/h2-5,16,19-20,25-26,28,47H,6-15,17-18,21-23H2,1H3,(H,37,41)/t25-,26-,28-,35?/m0/s1. The zero-order chi connectivity index (χ0) is 31.8. The maximum atomic E-state index is 11.9. The number of fused-ring (bicyclic) bond motifs is 3. The number of phenols is 1. The summed E-state index contributed by atoms with van der Waals surface area (Å²) in [6.45, 7) is 8.25. The molecule has 2 spiro atoms. The number of nitrogens with one attached hydrogen (secondary N) is 1. The molecule has 5 heterocycles. The van der Waals surface area contributed by atoms with E-state index in [1.165, 1.54) is 38.5 Å².